The number of hydrogen-bond acceptors (Lipinski definition) is 4. The van der Waals surface area contributed by atoms with Crippen LogP contribution in [0.2, 0.25) is 0 Å². The molecule has 0 unspecified atom stereocenters. The first-order valence-electron chi connectivity index (χ1n) is 13.6. The van der Waals surface area contributed by atoms with Gasteiger partial charge in [-0.05, 0) is 58.8 Å². The summed E-state index contributed by atoms with van der Waals surface area (Å²) in [5.74, 6) is 2.14. The molecule has 0 saturated carbocycles. The molecule has 0 aromatic heterocycles. The van der Waals surface area contributed by atoms with Gasteiger partial charge in [0.2, 0.25) is 6.29 Å². The number of hydrogen-bond donors (Lipinski definition) is 2. The maximum atomic E-state index is 11.3. The summed E-state index contributed by atoms with van der Waals surface area (Å²) in [6, 6.07) is 3.94. The van der Waals surface area contributed by atoms with Crippen molar-refractivity contribution in [2.45, 2.75) is 138 Å². The van der Waals surface area contributed by atoms with Gasteiger partial charge >= 0.3 is 0 Å². The first kappa shape index (κ1) is 30.9. The monoisotopic (exact) mass is 512 g/mol. The Morgan fingerprint density at radius 2 is 0.892 bits per heavy atom. The molecule has 208 valence electrons. The summed E-state index contributed by atoms with van der Waals surface area (Å²) in [5.41, 5.74) is 4.34. The average molecular weight is 513 g/mol. The smallest absolute Gasteiger partial charge is 0.240 e. The van der Waals surface area contributed by atoms with Crippen molar-refractivity contribution in [1.82, 2.24) is 0 Å². The Balaban J connectivity index is 2.68. The van der Waals surface area contributed by atoms with E-state index in [4.69, 9.17) is 9.47 Å². The molecule has 0 aliphatic carbocycles. The van der Waals surface area contributed by atoms with E-state index in [9.17, 15) is 10.2 Å². The summed E-state index contributed by atoms with van der Waals surface area (Å²) in [4.78, 5) is 0. The zero-order chi connectivity index (χ0) is 28.9. The third-order valence-corrected chi connectivity index (χ3v) is 6.99. The molecule has 0 spiro atoms. The van der Waals surface area contributed by atoms with Crippen molar-refractivity contribution >= 4 is 0 Å². The van der Waals surface area contributed by atoms with Crippen molar-refractivity contribution in [3.8, 4) is 23.0 Å². The van der Waals surface area contributed by atoms with Gasteiger partial charge in [0, 0.05) is 28.7 Å². The van der Waals surface area contributed by atoms with Crippen molar-refractivity contribution in [1.29, 1.82) is 0 Å². The highest BCUT2D eigenvalue weighted by Gasteiger charge is 2.32. The van der Waals surface area contributed by atoms with Gasteiger partial charge in [-0.3, -0.25) is 0 Å². The minimum absolute atomic E-state index is 0.255. The fraction of sp³-hybridized carbons (Fsp3) is 0.636. The van der Waals surface area contributed by atoms with Gasteiger partial charge in [-0.15, -0.1) is 0 Å². The molecule has 0 saturated heterocycles. The van der Waals surface area contributed by atoms with Crippen LogP contribution < -0.4 is 9.47 Å². The zero-order valence-electron chi connectivity index (χ0n) is 26.2. The van der Waals surface area contributed by atoms with Crippen molar-refractivity contribution in [3.63, 3.8) is 0 Å². The average Bonchev–Trinajstić information content (AvgIpc) is 2.67. The predicted octanol–water partition coefficient (Wildman–Crippen LogP) is 9.10. The minimum Gasteiger partial charge on any atom is -0.507 e. The van der Waals surface area contributed by atoms with E-state index in [1.54, 1.807) is 0 Å². The standard InChI is InChI=1S/C33H52O4/c1-16-25(36-23-17-21(30(4,5)6)28(34)26(19(23)2)32(10,11)12)37-24-18-22(31(7,8)9)29(35)27(20(24)3)33(13,14)15/h17-18,25,34-35H,16H2,1-15H3. The van der Waals surface area contributed by atoms with Gasteiger partial charge < -0.3 is 19.7 Å². The molecule has 37 heavy (non-hydrogen) atoms. The molecule has 2 rings (SSSR count). The van der Waals surface area contributed by atoms with Crippen LogP contribution in [0.5, 0.6) is 23.0 Å². The topological polar surface area (TPSA) is 58.9 Å². The van der Waals surface area contributed by atoms with Gasteiger partial charge in [0.25, 0.3) is 0 Å². The molecular weight excluding hydrogens is 460 g/mol. The van der Waals surface area contributed by atoms with E-state index < -0.39 is 6.29 Å². The highest BCUT2D eigenvalue weighted by Crippen LogP contribution is 2.47. The van der Waals surface area contributed by atoms with Gasteiger partial charge in [-0.1, -0.05) is 90.0 Å². The van der Waals surface area contributed by atoms with E-state index in [0.29, 0.717) is 17.9 Å². The molecular formula is C33H52O4. The van der Waals surface area contributed by atoms with Crippen LogP contribution in [-0.4, -0.2) is 16.5 Å². The Morgan fingerprint density at radius 3 is 1.11 bits per heavy atom. The predicted molar refractivity (Wildman–Crippen MR) is 156 cm³/mol. The van der Waals surface area contributed by atoms with E-state index in [1.807, 2.05) is 32.9 Å². The molecule has 2 aromatic carbocycles. The van der Waals surface area contributed by atoms with Gasteiger partial charge in [0.1, 0.15) is 23.0 Å². The summed E-state index contributed by atoms with van der Waals surface area (Å²) in [5, 5.41) is 22.5. The molecule has 0 amide bonds. The number of rotatable bonds is 5. The Bertz CT molecular complexity index is 1040. The van der Waals surface area contributed by atoms with Crippen LogP contribution in [0.3, 0.4) is 0 Å². The van der Waals surface area contributed by atoms with E-state index in [2.05, 4.69) is 83.1 Å². The lowest BCUT2D eigenvalue weighted by Gasteiger charge is -2.32. The minimum atomic E-state index is -0.534. The molecule has 2 N–H and O–H groups in total. The van der Waals surface area contributed by atoms with Crippen LogP contribution in [0, 0.1) is 13.8 Å². The van der Waals surface area contributed by atoms with Crippen molar-refractivity contribution < 1.29 is 19.7 Å². The SMILES string of the molecule is CCC(Oc1cc(C(C)(C)C)c(O)c(C(C)(C)C)c1C)Oc1cc(C(C)(C)C)c(O)c(C(C)(C)C)c1C. The Hall–Kier alpha value is -2.36. The van der Waals surface area contributed by atoms with E-state index >= 15 is 0 Å². The van der Waals surface area contributed by atoms with Gasteiger partial charge in [-0.25, -0.2) is 0 Å². The lowest BCUT2D eigenvalue weighted by Crippen LogP contribution is -2.27. The largest absolute Gasteiger partial charge is 0.507 e. The summed E-state index contributed by atoms with van der Waals surface area (Å²) < 4.78 is 13.1. The number of aromatic hydroxyl groups is 2. The second kappa shape index (κ2) is 10.1. The van der Waals surface area contributed by atoms with Crippen LogP contribution in [0.4, 0.5) is 0 Å². The van der Waals surface area contributed by atoms with Gasteiger partial charge in [0.15, 0.2) is 0 Å². The first-order valence-corrected chi connectivity index (χ1v) is 13.6. The Labute approximate surface area is 226 Å². The quantitative estimate of drug-likeness (QED) is 0.392. The zero-order valence-corrected chi connectivity index (χ0v) is 26.2. The van der Waals surface area contributed by atoms with E-state index in [-0.39, 0.29) is 21.7 Å². The van der Waals surface area contributed by atoms with Crippen LogP contribution in [0.15, 0.2) is 12.1 Å². The molecule has 0 fully saturated rings. The maximum absolute atomic E-state index is 11.3. The Morgan fingerprint density at radius 1 is 0.595 bits per heavy atom. The second-order valence-electron chi connectivity index (χ2n) is 14.6. The van der Waals surface area contributed by atoms with E-state index in [1.165, 1.54) is 0 Å². The van der Waals surface area contributed by atoms with Crippen LogP contribution in [0.25, 0.3) is 0 Å². The van der Waals surface area contributed by atoms with E-state index in [0.717, 1.165) is 44.9 Å². The lowest BCUT2D eigenvalue weighted by atomic mass is 9.77. The molecule has 0 aliphatic heterocycles. The Kier molecular flexibility index (Phi) is 8.40. The number of ether oxygens (including phenoxy) is 2. The maximum Gasteiger partial charge on any atom is 0.240 e. The number of phenolic OH excluding ortho intramolecular Hbond substituents is 2. The fourth-order valence-corrected chi connectivity index (χ4v) is 5.18. The fourth-order valence-electron chi connectivity index (χ4n) is 5.18. The highest BCUT2D eigenvalue weighted by molar-refractivity contribution is 5.58. The van der Waals surface area contributed by atoms with Crippen molar-refractivity contribution in [2.24, 2.45) is 0 Å². The van der Waals surface area contributed by atoms with Crippen LogP contribution in [0.1, 0.15) is 130 Å². The molecule has 4 heteroatoms. The summed E-state index contributed by atoms with van der Waals surface area (Å²) >= 11 is 0. The number of benzene rings is 2. The van der Waals surface area contributed by atoms with Gasteiger partial charge in [0.05, 0.1) is 0 Å². The molecule has 0 heterocycles. The molecule has 4 nitrogen and oxygen atoms in total. The van der Waals surface area contributed by atoms with Gasteiger partial charge in [-0.2, -0.15) is 0 Å². The second-order valence-corrected chi connectivity index (χ2v) is 14.6. The summed E-state index contributed by atoms with van der Waals surface area (Å²) in [6.45, 7) is 31.3. The van der Waals surface area contributed by atoms with Crippen LogP contribution in [-0.2, 0) is 21.7 Å². The molecule has 0 radical (unpaired) electrons. The summed E-state index contributed by atoms with van der Waals surface area (Å²) in [6.07, 6.45) is 0.0965. The third-order valence-electron chi connectivity index (χ3n) is 6.99. The molecule has 2 aromatic rings. The number of phenols is 2. The third kappa shape index (κ3) is 6.56. The first-order chi connectivity index (χ1) is 16.5. The lowest BCUT2D eigenvalue weighted by molar-refractivity contribution is 0.00170. The van der Waals surface area contributed by atoms with Crippen molar-refractivity contribution in [3.05, 3.63) is 45.5 Å². The molecule has 0 bridgehead atoms. The normalized spacial score (nSPS) is 13.3. The summed E-state index contributed by atoms with van der Waals surface area (Å²) in [7, 11) is 0. The highest BCUT2D eigenvalue weighted by atomic mass is 16.7. The molecule has 0 aliphatic rings. The molecule has 0 atom stereocenters. The van der Waals surface area contributed by atoms with Crippen LogP contribution >= 0.6 is 0 Å². The van der Waals surface area contributed by atoms with Crippen molar-refractivity contribution in [2.75, 3.05) is 0 Å².